The second-order valence-corrected chi connectivity index (χ2v) is 7.33. The zero-order valence-electron chi connectivity index (χ0n) is 10.6. The van der Waals surface area contributed by atoms with E-state index < -0.39 is 15.3 Å². The summed E-state index contributed by atoms with van der Waals surface area (Å²) in [5.41, 5.74) is 6.43. The van der Waals surface area contributed by atoms with Gasteiger partial charge < -0.3 is 10.5 Å². The third kappa shape index (κ3) is 3.60. The summed E-state index contributed by atoms with van der Waals surface area (Å²) >= 11 is 10.9. The summed E-state index contributed by atoms with van der Waals surface area (Å²) in [5.74, 6) is 0. The summed E-state index contributed by atoms with van der Waals surface area (Å²) in [6, 6.07) is 4.75. The maximum atomic E-state index is 12.3. The normalized spacial score (nSPS) is 16.9. The summed E-state index contributed by atoms with van der Waals surface area (Å²) in [6.45, 7) is 0.916. The molecule has 0 aromatic heterocycles. The molecule has 5 nitrogen and oxygen atoms in total. The molecule has 8 heteroatoms. The third-order valence-electron chi connectivity index (χ3n) is 3.11. The lowest BCUT2D eigenvalue weighted by molar-refractivity contribution is 0.0984. The SMILES string of the molecule is NC(=S)c1ccc(NS(=O)(=O)C2CCOCC2)c(Cl)c1. The van der Waals surface area contributed by atoms with E-state index in [4.69, 9.17) is 34.3 Å². The number of sulfonamides is 1. The van der Waals surface area contributed by atoms with Crippen LogP contribution in [0.25, 0.3) is 0 Å². The molecule has 1 saturated heterocycles. The van der Waals surface area contributed by atoms with Gasteiger partial charge in [-0.1, -0.05) is 23.8 Å². The monoisotopic (exact) mass is 334 g/mol. The minimum absolute atomic E-state index is 0.214. The number of rotatable bonds is 4. The van der Waals surface area contributed by atoms with Crippen molar-refractivity contribution < 1.29 is 13.2 Å². The number of ether oxygens (including phenoxy) is 1. The van der Waals surface area contributed by atoms with E-state index in [0.29, 0.717) is 37.3 Å². The average Bonchev–Trinajstić information content (AvgIpc) is 2.41. The Labute approximate surface area is 128 Å². The van der Waals surface area contributed by atoms with Crippen LogP contribution in [-0.4, -0.2) is 31.9 Å². The molecule has 2 rings (SSSR count). The van der Waals surface area contributed by atoms with Gasteiger partial charge in [-0.05, 0) is 31.0 Å². The molecule has 3 N–H and O–H groups in total. The molecule has 20 heavy (non-hydrogen) atoms. The molecular formula is C12H15ClN2O3S2. The van der Waals surface area contributed by atoms with Crippen LogP contribution >= 0.6 is 23.8 Å². The number of benzene rings is 1. The highest BCUT2D eigenvalue weighted by Gasteiger charge is 2.28. The zero-order valence-corrected chi connectivity index (χ0v) is 13.0. The minimum Gasteiger partial charge on any atom is -0.389 e. The highest BCUT2D eigenvalue weighted by molar-refractivity contribution is 7.93. The molecule has 0 spiro atoms. The van der Waals surface area contributed by atoms with Crippen LogP contribution in [0, 0.1) is 0 Å². The first-order valence-corrected chi connectivity index (χ1v) is 8.42. The van der Waals surface area contributed by atoms with Crippen LogP contribution in [-0.2, 0) is 14.8 Å². The van der Waals surface area contributed by atoms with E-state index in [9.17, 15) is 8.42 Å². The van der Waals surface area contributed by atoms with Crippen molar-refractivity contribution in [2.45, 2.75) is 18.1 Å². The van der Waals surface area contributed by atoms with E-state index in [2.05, 4.69) is 4.72 Å². The summed E-state index contributed by atoms with van der Waals surface area (Å²) in [7, 11) is -3.47. The van der Waals surface area contributed by atoms with Crippen LogP contribution in [0.3, 0.4) is 0 Å². The predicted molar refractivity (Wildman–Crippen MR) is 83.7 cm³/mol. The summed E-state index contributed by atoms with van der Waals surface area (Å²) < 4.78 is 32.2. The smallest absolute Gasteiger partial charge is 0.235 e. The number of thiocarbonyl (C=S) groups is 1. The van der Waals surface area contributed by atoms with E-state index in [0.717, 1.165) is 0 Å². The maximum Gasteiger partial charge on any atom is 0.235 e. The van der Waals surface area contributed by atoms with E-state index in [1.54, 1.807) is 18.2 Å². The Balaban J connectivity index is 2.18. The van der Waals surface area contributed by atoms with Gasteiger partial charge >= 0.3 is 0 Å². The van der Waals surface area contributed by atoms with Gasteiger partial charge in [0.1, 0.15) is 4.99 Å². The fourth-order valence-corrected chi connectivity index (χ4v) is 3.85. The number of anilines is 1. The number of nitrogens with one attached hydrogen (secondary N) is 1. The molecule has 1 aliphatic heterocycles. The lowest BCUT2D eigenvalue weighted by Gasteiger charge is -2.23. The van der Waals surface area contributed by atoms with Crippen molar-refractivity contribution in [2.75, 3.05) is 17.9 Å². The van der Waals surface area contributed by atoms with E-state index in [-0.39, 0.29) is 10.0 Å². The van der Waals surface area contributed by atoms with E-state index in [1.807, 2.05) is 0 Å². The van der Waals surface area contributed by atoms with Crippen molar-refractivity contribution >= 4 is 44.5 Å². The van der Waals surface area contributed by atoms with Gasteiger partial charge in [-0.3, -0.25) is 4.72 Å². The van der Waals surface area contributed by atoms with E-state index in [1.165, 1.54) is 0 Å². The predicted octanol–water partition coefficient (Wildman–Crippen LogP) is 1.89. The highest BCUT2D eigenvalue weighted by Crippen LogP contribution is 2.26. The molecule has 0 atom stereocenters. The molecule has 1 fully saturated rings. The number of nitrogens with two attached hydrogens (primary N) is 1. The number of hydrogen-bond acceptors (Lipinski definition) is 4. The largest absolute Gasteiger partial charge is 0.389 e. The van der Waals surface area contributed by atoms with Gasteiger partial charge in [0.05, 0.1) is 16.0 Å². The highest BCUT2D eigenvalue weighted by atomic mass is 35.5. The Morgan fingerprint density at radius 2 is 2.05 bits per heavy atom. The first-order chi connectivity index (χ1) is 9.40. The summed E-state index contributed by atoms with van der Waals surface area (Å²) in [4.78, 5) is 0.214. The Kier molecular flexibility index (Phi) is 4.85. The molecule has 0 bridgehead atoms. The minimum atomic E-state index is -3.47. The second kappa shape index (κ2) is 6.26. The molecule has 0 unspecified atom stereocenters. The van der Waals surface area contributed by atoms with Crippen LogP contribution in [0.1, 0.15) is 18.4 Å². The molecule has 0 amide bonds. The fourth-order valence-electron chi connectivity index (χ4n) is 1.97. The van der Waals surface area contributed by atoms with Crippen molar-refractivity contribution in [2.24, 2.45) is 5.73 Å². The van der Waals surface area contributed by atoms with Crippen molar-refractivity contribution in [1.29, 1.82) is 0 Å². The molecule has 1 aromatic rings. The van der Waals surface area contributed by atoms with Crippen molar-refractivity contribution in [3.8, 4) is 0 Å². The second-order valence-electron chi connectivity index (χ2n) is 4.52. The van der Waals surface area contributed by atoms with Gasteiger partial charge in [-0.25, -0.2) is 8.42 Å². The zero-order chi connectivity index (χ0) is 14.8. The Morgan fingerprint density at radius 1 is 1.40 bits per heavy atom. The first kappa shape index (κ1) is 15.5. The molecule has 0 saturated carbocycles. The quantitative estimate of drug-likeness (QED) is 0.822. The van der Waals surface area contributed by atoms with Crippen LogP contribution in [0.15, 0.2) is 18.2 Å². The lowest BCUT2D eigenvalue weighted by atomic mass is 10.2. The summed E-state index contributed by atoms with van der Waals surface area (Å²) in [5, 5.41) is -0.187. The Bertz CT molecular complexity index is 613. The molecule has 110 valence electrons. The number of hydrogen-bond donors (Lipinski definition) is 2. The topological polar surface area (TPSA) is 81.4 Å². The Morgan fingerprint density at radius 3 is 2.60 bits per heavy atom. The van der Waals surface area contributed by atoms with E-state index >= 15 is 0 Å². The van der Waals surface area contributed by atoms with Crippen LogP contribution in [0.5, 0.6) is 0 Å². The first-order valence-electron chi connectivity index (χ1n) is 6.09. The van der Waals surface area contributed by atoms with Crippen LogP contribution in [0.4, 0.5) is 5.69 Å². The van der Waals surface area contributed by atoms with Gasteiger partial charge in [0.15, 0.2) is 0 Å². The van der Waals surface area contributed by atoms with Gasteiger partial charge in [-0.15, -0.1) is 0 Å². The van der Waals surface area contributed by atoms with Gasteiger partial charge in [0.25, 0.3) is 0 Å². The summed E-state index contributed by atoms with van der Waals surface area (Å²) in [6.07, 6.45) is 0.968. The fraction of sp³-hybridized carbons (Fsp3) is 0.417. The van der Waals surface area contributed by atoms with Crippen LogP contribution < -0.4 is 10.5 Å². The van der Waals surface area contributed by atoms with Gasteiger partial charge in [0, 0.05) is 18.8 Å². The standard InChI is InChI=1S/C12H15ClN2O3S2/c13-10-7-8(12(14)19)1-2-11(10)15-20(16,17)9-3-5-18-6-4-9/h1-2,7,9,15H,3-6H2,(H2,14,19). The molecular weight excluding hydrogens is 320 g/mol. The molecule has 1 aliphatic rings. The average molecular weight is 335 g/mol. The van der Waals surface area contributed by atoms with Gasteiger partial charge in [-0.2, -0.15) is 0 Å². The molecule has 0 radical (unpaired) electrons. The molecule has 0 aliphatic carbocycles. The van der Waals surface area contributed by atoms with Crippen molar-refractivity contribution in [3.05, 3.63) is 28.8 Å². The lowest BCUT2D eigenvalue weighted by Crippen LogP contribution is -2.33. The van der Waals surface area contributed by atoms with Crippen molar-refractivity contribution in [3.63, 3.8) is 0 Å². The van der Waals surface area contributed by atoms with Gasteiger partial charge in [0.2, 0.25) is 10.0 Å². The Hall–Kier alpha value is -0.890. The molecule has 1 aromatic carbocycles. The maximum absolute atomic E-state index is 12.3. The third-order valence-corrected chi connectivity index (χ3v) is 5.51. The molecule has 1 heterocycles. The van der Waals surface area contributed by atoms with Crippen LogP contribution in [0.2, 0.25) is 5.02 Å². The number of halogens is 1. The van der Waals surface area contributed by atoms with Crippen molar-refractivity contribution in [1.82, 2.24) is 0 Å².